The number of aromatic hydroxyl groups is 1. The summed E-state index contributed by atoms with van der Waals surface area (Å²) in [4.78, 5) is 11.2. The Kier molecular flexibility index (Phi) is 4.07. The molecule has 0 bridgehead atoms. The van der Waals surface area contributed by atoms with E-state index in [0.29, 0.717) is 0 Å². The van der Waals surface area contributed by atoms with Crippen molar-refractivity contribution in [2.45, 2.75) is 12.5 Å². The lowest BCUT2D eigenvalue weighted by molar-refractivity contribution is -0.119. The van der Waals surface area contributed by atoms with Gasteiger partial charge in [-0.05, 0) is 17.7 Å². The zero-order valence-corrected chi connectivity index (χ0v) is 8.37. The van der Waals surface area contributed by atoms with Crippen LogP contribution in [-0.2, 0) is 11.2 Å². The van der Waals surface area contributed by atoms with Crippen LogP contribution in [0.25, 0.3) is 0 Å². The van der Waals surface area contributed by atoms with Gasteiger partial charge >= 0.3 is 0 Å². The van der Waals surface area contributed by atoms with Crippen molar-refractivity contribution >= 4 is 5.91 Å². The molecule has 0 aliphatic rings. The molecule has 1 aromatic carbocycles. The number of carbonyl (C=O) groups excluding carboxylic acids is 1. The lowest BCUT2D eigenvalue weighted by Crippen LogP contribution is -2.19. The number of nitrogens with two attached hydrogens (primary N) is 1. The van der Waals surface area contributed by atoms with E-state index in [-0.39, 0.29) is 12.2 Å². The van der Waals surface area contributed by atoms with Crippen molar-refractivity contribution < 1.29 is 9.90 Å². The van der Waals surface area contributed by atoms with Gasteiger partial charge in [0.25, 0.3) is 5.91 Å². The molecule has 1 amide bonds. The van der Waals surface area contributed by atoms with Crippen LogP contribution in [0.1, 0.15) is 5.56 Å². The molecule has 0 aliphatic carbocycles. The lowest BCUT2D eigenvalue weighted by atomic mass is 10.1. The molecule has 16 heavy (non-hydrogen) atoms. The predicted octanol–water partition coefficient (Wildman–Crippen LogP) is 1.19. The van der Waals surface area contributed by atoms with Gasteiger partial charge in [-0.2, -0.15) is 5.11 Å². The Hall–Kier alpha value is -2.31. The summed E-state index contributed by atoms with van der Waals surface area (Å²) >= 11 is 0. The number of rotatable bonds is 4. The molecule has 1 aromatic rings. The number of amides is 1. The molecular formula is C9H11N5O2. The first-order chi connectivity index (χ1) is 7.67. The highest BCUT2D eigenvalue weighted by Crippen LogP contribution is 2.13. The third-order valence-corrected chi connectivity index (χ3v) is 1.97. The third kappa shape index (κ3) is 3.12. The van der Waals surface area contributed by atoms with Gasteiger partial charge in [0.2, 0.25) is 0 Å². The monoisotopic (exact) mass is 221 g/mol. The summed E-state index contributed by atoms with van der Waals surface area (Å²) in [5.41, 5.74) is 7.38. The van der Waals surface area contributed by atoms with Crippen molar-refractivity contribution in [3.8, 4) is 5.75 Å². The number of benzene rings is 1. The Morgan fingerprint density at radius 2 is 2.06 bits per heavy atom. The largest absolute Gasteiger partial charge is 0.508 e. The van der Waals surface area contributed by atoms with Crippen LogP contribution in [0.15, 0.2) is 39.7 Å². The fourth-order valence-corrected chi connectivity index (χ4v) is 1.19. The predicted molar refractivity (Wildman–Crippen MR) is 54.8 cm³/mol. The second kappa shape index (κ2) is 5.54. The van der Waals surface area contributed by atoms with Gasteiger partial charge in [-0.3, -0.25) is 4.79 Å². The van der Waals surface area contributed by atoms with E-state index in [4.69, 9.17) is 16.5 Å². The molecule has 0 radical (unpaired) electrons. The topological polar surface area (TPSA) is 124 Å². The number of phenols is 1. The smallest absolute Gasteiger partial charge is 0.290 e. The standard InChI is InChI=1S/C9H11N5O2/c10-12-9(16)8(13-14-11)5-6-1-3-7(15)4-2-6/h1-4,8,10,15H,5H2,(H2,11,13)/t8-/m0/s1. The molecule has 0 aliphatic heterocycles. The molecule has 0 saturated carbocycles. The maximum atomic E-state index is 11.2. The highest BCUT2D eigenvalue weighted by atomic mass is 16.3. The van der Waals surface area contributed by atoms with Gasteiger partial charge < -0.3 is 10.9 Å². The molecule has 7 nitrogen and oxygen atoms in total. The van der Waals surface area contributed by atoms with Crippen molar-refractivity contribution in [1.82, 2.24) is 0 Å². The van der Waals surface area contributed by atoms with Crippen LogP contribution in [0.3, 0.4) is 0 Å². The second-order valence-corrected chi connectivity index (χ2v) is 3.07. The maximum Gasteiger partial charge on any atom is 0.290 e. The molecule has 0 fully saturated rings. The number of hydrogen-bond acceptors (Lipinski definition) is 5. The minimum absolute atomic E-state index is 0.136. The Morgan fingerprint density at radius 1 is 1.44 bits per heavy atom. The fourth-order valence-electron chi connectivity index (χ4n) is 1.19. The Bertz CT molecular complexity index is 401. The third-order valence-electron chi connectivity index (χ3n) is 1.97. The van der Waals surface area contributed by atoms with Gasteiger partial charge in [-0.1, -0.05) is 17.4 Å². The molecule has 0 heterocycles. The van der Waals surface area contributed by atoms with Crippen molar-refractivity contribution in [3.63, 3.8) is 0 Å². The van der Waals surface area contributed by atoms with Crippen LogP contribution in [-0.4, -0.2) is 17.1 Å². The summed E-state index contributed by atoms with van der Waals surface area (Å²) in [6.07, 6.45) is 0.238. The zero-order valence-electron chi connectivity index (χ0n) is 8.37. The number of carbonyl (C=O) groups is 1. The Morgan fingerprint density at radius 3 is 2.56 bits per heavy atom. The summed E-state index contributed by atoms with van der Waals surface area (Å²) in [6, 6.07) is 5.40. The highest BCUT2D eigenvalue weighted by molar-refractivity contribution is 5.82. The van der Waals surface area contributed by atoms with Gasteiger partial charge in [-0.25, -0.2) is 5.53 Å². The van der Waals surface area contributed by atoms with Crippen LogP contribution in [0.4, 0.5) is 0 Å². The highest BCUT2D eigenvalue weighted by Gasteiger charge is 2.17. The second-order valence-electron chi connectivity index (χ2n) is 3.07. The molecule has 7 heteroatoms. The molecule has 0 spiro atoms. The number of hydrogen-bond donors (Lipinski definition) is 3. The van der Waals surface area contributed by atoms with E-state index in [1.165, 1.54) is 12.1 Å². The summed E-state index contributed by atoms with van der Waals surface area (Å²) in [6.45, 7) is 0. The lowest BCUT2D eigenvalue weighted by Gasteiger charge is -2.05. The molecule has 1 atom stereocenters. The molecular weight excluding hydrogens is 210 g/mol. The van der Waals surface area contributed by atoms with Crippen LogP contribution < -0.4 is 5.84 Å². The number of nitrogens with zero attached hydrogens (tertiary/aromatic N) is 3. The molecule has 0 saturated heterocycles. The quantitative estimate of drug-likeness (QED) is 0.401. The van der Waals surface area contributed by atoms with E-state index in [0.717, 1.165) is 5.56 Å². The van der Waals surface area contributed by atoms with Crippen LogP contribution in [0, 0.1) is 5.53 Å². The SMILES string of the molecule is N=NC(=O)[C@H](Cc1ccc(O)cc1)N=NN. The van der Waals surface area contributed by atoms with E-state index in [1.54, 1.807) is 12.1 Å². The Balaban J connectivity index is 2.79. The number of phenolic OH excluding ortho intramolecular Hbond substituents is 1. The van der Waals surface area contributed by atoms with Crippen LogP contribution in [0.5, 0.6) is 5.75 Å². The van der Waals surface area contributed by atoms with Gasteiger partial charge in [0.05, 0.1) is 0 Å². The van der Waals surface area contributed by atoms with E-state index in [2.05, 4.69) is 15.5 Å². The molecule has 0 unspecified atom stereocenters. The summed E-state index contributed by atoms with van der Waals surface area (Å²) in [5, 5.41) is 18.4. The van der Waals surface area contributed by atoms with Gasteiger partial charge in [0.15, 0.2) is 6.04 Å². The van der Waals surface area contributed by atoms with Crippen molar-refractivity contribution in [2.24, 2.45) is 21.3 Å². The normalized spacial score (nSPS) is 12.5. The minimum Gasteiger partial charge on any atom is -0.508 e. The zero-order chi connectivity index (χ0) is 12.0. The summed E-state index contributed by atoms with van der Waals surface area (Å²) < 4.78 is 0. The average molecular weight is 221 g/mol. The molecule has 4 N–H and O–H groups in total. The van der Waals surface area contributed by atoms with Gasteiger partial charge in [0, 0.05) is 6.42 Å². The van der Waals surface area contributed by atoms with Gasteiger partial charge in [0.1, 0.15) is 5.75 Å². The van der Waals surface area contributed by atoms with E-state index >= 15 is 0 Å². The molecule has 1 rings (SSSR count). The van der Waals surface area contributed by atoms with Crippen molar-refractivity contribution in [1.29, 1.82) is 5.53 Å². The van der Waals surface area contributed by atoms with Crippen molar-refractivity contribution in [2.75, 3.05) is 0 Å². The van der Waals surface area contributed by atoms with Gasteiger partial charge in [-0.15, -0.1) is 5.11 Å². The fraction of sp³-hybridized carbons (Fsp3) is 0.222. The van der Waals surface area contributed by atoms with E-state index in [1.807, 2.05) is 0 Å². The Labute approximate surface area is 91.5 Å². The first-order valence-corrected chi connectivity index (χ1v) is 4.46. The van der Waals surface area contributed by atoms with E-state index in [9.17, 15) is 4.79 Å². The van der Waals surface area contributed by atoms with Crippen LogP contribution >= 0.6 is 0 Å². The van der Waals surface area contributed by atoms with Crippen LogP contribution in [0.2, 0.25) is 0 Å². The van der Waals surface area contributed by atoms with Crippen molar-refractivity contribution in [3.05, 3.63) is 29.8 Å². The number of nitrogens with one attached hydrogen (secondary N) is 1. The molecule has 0 aromatic heterocycles. The first-order valence-electron chi connectivity index (χ1n) is 4.46. The maximum absolute atomic E-state index is 11.2. The summed E-state index contributed by atoms with van der Waals surface area (Å²) in [5.74, 6) is 4.29. The average Bonchev–Trinajstić information content (AvgIpc) is 2.30. The first kappa shape index (κ1) is 11.8. The van der Waals surface area contributed by atoms with E-state index < -0.39 is 11.9 Å². The minimum atomic E-state index is -0.882. The molecule has 84 valence electrons. The summed E-state index contributed by atoms with van der Waals surface area (Å²) in [7, 11) is 0.